The molecule has 0 aliphatic carbocycles. The van der Waals surface area contributed by atoms with E-state index in [0.29, 0.717) is 0 Å². The molecule has 0 radical (unpaired) electrons. The fourth-order valence-electron chi connectivity index (χ4n) is 0. The fourth-order valence-corrected chi connectivity index (χ4v) is 0. The van der Waals surface area contributed by atoms with Crippen molar-refractivity contribution in [2.24, 2.45) is 5.50 Å². The van der Waals surface area contributed by atoms with Gasteiger partial charge in [0.15, 0.2) is 0 Å². The predicted molar refractivity (Wildman–Crippen MR) is 21.8 cm³/mol. The topological polar surface area (TPSA) is 46.2 Å². The van der Waals surface area contributed by atoms with E-state index in [-0.39, 0.29) is 0 Å². The quantitative estimate of drug-likeness (QED) is 0.441. The molecule has 5 heteroatoms. The average molecular weight is 115 g/mol. The minimum Gasteiger partial charge on any atom is -0.331 e. The first-order valence-corrected chi connectivity index (χ1v) is 3.52. The van der Waals surface area contributed by atoms with Crippen LogP contribution in [0, 0.1) is 0 Å². The largest absolute Gasteiger partial charge is 0.331 e. The van der Waals surface area contributed by atoms with Crippen LogP contribution in [0.2, 0.25) is 0 Å². The van der Waals surface area contributed by atoms with E-state index in [1.165, 1.54) is 0 Å². The Morgan fingerprint density at radius 2 is 2.00 bits per heavy atom. The van der Waals surface area contributed by atoms with Crippen LogP contribution < -0.4 is 5.50 Å². The Hall–Kier alpha value is 0.500. The van der Waals surface area contributed by atoms with Gasteiger partial charge < -0.3 is 4.89 Å². The number of hydrogen-bond donors (Lipinski definition) is 2. The highest BCUT2D eigenvalue weighted by Gasteiger charge is 1.93. The molecular weight excluding hydrogens is 112 g/mol. The number of nitrogens with two attached hydrogens (primary N) is 1. The van der Waals surface area contributed by atoms with E-state index in [1.807, 2.05) is 0 Å². The molecule has 0 heterocycles. The third kappa shape index (κ3) is 112. The molecule has 1 atom stereocenters. The zero-order valence-electron chi connectivity index (χ0n) is 2.26. The Bertz CT molecular complexity index is 57.8. The van der Waals surface area contributed by atoms with E-state index in [9.17, 15) is 4.20 Å². The van der Waals surface area contributed by atoms with Crippen LogP contribution in [0.5, 0.6) is 0 Å². The first-order valence-electron chi connectivity index (χ1n) is 0.810. The average Bonchev–Trinajstić information content (AvgIpc) is 0.722. The van der Waals surface area contributed by atoms with Crippen LogP contribution in [0.25, 0.3) is 0 Å². The summed E-state index contributed by atoms with van der Waals surface area (Å²) in [4.78, 5) is 7.56. The lowest BCUT2D eigenvalue weighted by Gasteiger charge is -1.85. The monoisotopic (exact) mass is 115 g/mol. The van der Waals surface area contributed by atoms with E-state index in [4.69, 9.17) is 4.89 Å². The molecule has 0 aliphatic heterocycles. The molecule has 32 valence electrons. The number of halogens is 1. The zero-order chi connectivity index (χ0) is 4.50. The van der Waals surface area contributed by atoms with Gasteiger partial charge in [0.25, 0.3) is 6.73 Å². The number of rotatable bonds is 0. The molecule has 0 rings (SSSR count). The van der Waals surface area contributed by atoms with Crippen molar-refractivity contribution >= 4 is 18.5 Å². The molecule has 0 aromatic heterocycles. The van der Waals surface area contributed by atoms with Gasteiger partial charge >= 0.3 is 0 Å². The molecule has 0 spiro atoms. The SMILES string of the molecule is NP(O)(F)=S. The van der Waals surface area contributed by atoms with Crippen molar-refractivity contribution in [3.8, 4) is 0 Å². The van der Waals surface area contributed by atoms with E-state index in [0.717, 1.165) is 0 Å². The van der Waals surface area contributed by atoms with Gasteiger partial charge in [-0.05, 0) is 11.8 Å². The summed E-state index contributed by atoms with van der Waals surface area (Å²) in [6.45, 7) is -3.81. The molecule has 0 bridgehead atoms. The van der Waals surface area contributed by atoms with Crippen LogP contribution >= 0.6 is 6.73 Å². The third-order valence-electron chi connectivity index (χ3n) is 0. The Kier molecular flexibility index (Phi) is 1.44. The predicted octanol–water partition coefficient (Wildman–Crippen LogP) is 0.131. The Labute approximate surface area is 34.1 Å². The number of hydrogen-bond acceptors (Lipinski definition) is 1. The van der Waals surface area contributed by atoms with Gasteiger partial charge in [0.05, 0.1) is 0 Å². The maximum absolute atomic E-state index is 10.9. The summed E-state index contributed by atoms with van der Waals surface area (Å²) in [7, 11) is 0. The summed E-state index contributed by atoms with van der Waals surface area (Å²) < 4.78 is 10.9. The van der Waals surface area contributed by atoms with E-state index >= 15 is 0 Å². The van der Waals surface area contributed by atoms with Crippen molar-refractivity contribution in [2.75, 3.05) is 0 Å². The zero-order valence-corrected chi connectivity index (χ0v) is 3.97. The molecule has 0 amide bonds. The van der Waals surface area contributed by atoms with Crippen LogP contribution in [-0.4, -0.2) is 4.89 Å². The van der Waals surface area contributed by atoms with Crippen molar-refractivity contribution in [2.45, 2.75) is 0 Å². The molecule has 3 N–H and O–H groups in total. The summed E-state index contributed by atoms with van der Waals surface area (Å²) in [5.41, 5.74) is 4.17. The third-order valence-corrected chi connectivity index (χ3v) is 0. The molecular formula is H3FNOPS. The maximum Gasteiger partial charge on any atom is 0.296 e. The maximum atomic E-state index is 10.9. The van der Waals surface area contributed by atoms with E-state index in [2.05, 4.69) is 17.3 Å². The van der Waals surface area contributed by atoms with Gasteiger partial charge in [-0.25, -0.2) is 0 Å². The highest BCUT2D eigenvalue weighted by molar-refractivity contribution is 8.08. The van der Waals surface area contributed by atoms with Crippen molar-refractivity contribution in [1.82, 2.24) is 0 Å². The summed E-state index contributed by atoms with van der Waals surface area (Å²) in [5.74, 6) is 0. The van der Waals surface area contributed by atoms with Crippen molar-refractivity contribution < 1.29 is 9.09 Å². The molecule has 0 fully saturated rings. The molecule has 1 unspecified atom stereocenters. The second-order valence-electron chi connectivity index (χ2n) is 0.545. The van der Waals surface area contributed by atoms with Crippen molar-refractivity contribution in [1.29, 1.82) is 0 Å². The highest BCUT2D eigenvalue weighted by atomic mass is 32.5. The fraction of sp³-hybridized carbons (Fsp3) is 0. The van der Waals surface area contributed by atoms with Gasteiger partial charge in [-0.15, -0.1) is 0 Å². The van der Waals surface area contributed by atoms with Crippen LogP contribution in [0.3, 0.4) is 0 Å². The molecule has 0 saturated carbocycles. The lowest BCUT2D eigenvalue weighted by Crippen LogP contribution is -1.80. The summed E-state index contributed by atoms with van der Waals surface area (Å²) in [6, 6.07) is 0. The minimum atomic E-state index is -3.81. The summed E-state index contributed by atoms with van der Waals surface area (Å²) in [6.07, 6.45) is 0. The smallest absolute Gasteiger partial charge is 0.296 e. The highest BCUT2D eigenvalue weighted by Crippen LogP contribution is 2.30. The minimum absolute atomic E-state index is 3.60. The molecule has 0 aromatic carbocycles. The van der Waals surface area contributed by atoms with Gasteiger partial charge in [0.2, 0.25) is 0 Å². The standard InChI is InChI=1S/FH3NOPS/c1-4(2,3)5/h(H3,2,3,5). The van der Waals surface area contributed by atoms with E-state index in [1.54, 1.807) is 0 Å². The molecule has 0 saturated heterocycles. The molecule has 2 nitrogen and oxygen atoms in total. The Morgan fingerprint density at radius 3 is 2.00 bits per heavy atom. The van der Waals surface area contributed by atoms with Gasteiger partial charge in [-0.2, -0.15) is 4.20 Å². The van der Waals surface area contributed by atoms with Gasteiger partial charge in [-0.3, -0.25) is 5.50 Å². The Morgan fingerprint density at radius 1 is 2.00 bits per heavy atom. The first kappa shape index (κ1) is 5.50. The van der Waals surface area contributed by atoms with Crippen LogP contribution in [-0.2, 0) is 11.8 Å². The van der Waals surface area contributed by atoms with Crippen LogP contribution in [0.4, 0.5) is 4.20 Å². The molecule has 0 aliphatic rings. The van der Waals surface area contributed by atoms with Crippen LogP contribution in [0.1, 0.15) is 0 Å². The van der Waals surface area contributed by atoms with Crippen molar-refractivity contribution in [3.05, 3.63) is 0 Å². The van der Waals surface area contributed by atoms with Gasteiger partial charge in [0.1, 0.15) is 0 Å². The molecule has 0 aromatic rings. The first-order chi connectivity index (χ1) is 2.00. The summed E-state index contributed by atoms with van der Waals surface area (Å²) >= 11 is 3.60. The summed E-state index contributed by atoms with van der Waals surface area (Å²) in [5, 5.41) is 0. The van der Waals surface area contributed by atoms with Gasteiger partial charge in [-0.1, -0.05) is 0 Å². The van der Waals surface area contributed by atoms with Crippen molar-refractivity contribution in [3.63, 3.8) is 0 Å². The van der Waals surface area contributed by atoms with E-state index < -0.39 is 6.73 Å². The lowest BCUT2D eigenvalue weighted by molar-refractivity contribution is 0.565. The molecule has 5 heavy (non-hydrogen) atoms. The Balaban J connectivity index is 3.47. The van der Waals surface area contributed by atoms with Gasteiger partial charge in [0, 0.05) is 0 Å². The van der Waals surface area contributed by atoms with Crippen LogP contribution in [0.15, 0.2) is 0 Å². The lowest BCUT2D eigenvalue weighted by atomic mass is 13.9. The normalized spacial score (nSPS) is 21.4. The second kappa shape index (κ2) is 1.30. The second-order valence-corrected chi connectivity index (χ2v) is 3.17.